The molecule has 1 unspecified atom stereocenters. The summed E-state index contributed by atoms with van der Waals surface area (Å²) in [7, 11) is -3.46. The summed E-state index contributed by atoms with van der Waals surface area (Å²) < 4.78 is 32.8. The molecule has 2 N–H and O–H groups in total. The maximum Gasteiger partial charge on any atom is 0.240 e. The second kappa shape index (κ2) is 7.89. The molecular formula is C15H24N2O3S. The Balaban J connectivity index is 1.97. The van der Waals surface area contributed by atoms with Gasteiger partial charge < -0.3 is 10.1 Å². The summed E-state index contributed by atoms with van der Waals surface area (Å²) in [6, 6.07) is 7.04. The van der Waals surface area contributed by atoms with Crippen LogP contribution in [0.2, 0.25) is 0 Å². The molecule has 5 nitrogen and oxygen atoms in total. The molecule has 0 amide bonds. The predicted molar refractivity (Wildman–Crippen MR) is 82.6 cm³/mol. The van der Waals surface area contributed by atoms with Crippen LogP contribution in [0.4, 0.5) is 0 Å². The normalized spacial score (nSPS) is 19.6. The molecule has 6 heteroatoms. The fourth-order valence-corrected chi connectivity index (χ4v) is 3.48. The van der Waals surface area contributed by atoms with E-state index in [2.05, 4.69) is 10.0 Å². The van der Waals surface area contributed by atoms with E-state index in [9.17, 15) is 8.42 Å². The van der Waals surface area contributed by atoms with Crippen LogP contribution in [-0.4, -0.2) is 34.2 Å². The van der Waals surface area contributed by atoms with E-state index >= 15 is 0 Å². The Labute approximate surface area is 127 Å². The number of benzene rings is 1. The molecule has 1 aromatic carbocycles. The molecule has 1 atom stereocenters. The Morgan fingerprint density at radius 2 is 2.19 bits per heavy atom. The van der Waals surface area contributed by atoms with Gasteiger partial charge in [-0.2, -0.15) is 0 Å². The zero-order chi connectivity index (χ0) is 15.1. The van der Waals surface area contributed by atoms with Crippen molar-refractivity contribution in [2.75, 3.05) is 19.7 Å². The Morgan fingerprint density at radius 3 is 2.90 bits per heavy atom. The molecule has 0 spiro atoms. The minimum Gasteiger partial charge on any atom is -0.377 e. The van der Waals surface area contributed by atoms with Crippen LogP contribution in [0.25, 0.3) is 0 Å². The van der Waals surface area contributed by atoms with Crippen LogP contribution >= 0.6 is 0 Å². The third kappa shape index (κ3) is 5.07. The first-order valence-electron chi connectivity index (χ1n) is 7.53. The lowest BCUT2D eigenvalue weighted by Gasteiger charge is -2.22. The third-order valence-corrected chi connectivity index (χ3v) is 4.98. The van der Waals surface area contributed by atoms with Gasteiger partial charge in [-0.15, -0.1) is 0 Å². The summed E-state index contributed by atoms with van der Waals surface area (Å²) in [4.78, 5) is 0.314. The fourth-order valence-electron chi connectivity index (χ4n) is 2.35. The van der Waals surface area contributed by atoms with E-state index in [1.54, 1.807) is 18.2 Å². The highest BCUT2D eigenvalue weighted by Gasteiger charge is 2.19. The highest BCUT2D eigenvalue weighted by molar-refractivity contribution is 7.89. The van der Waals surface area contributed by atoms with Crippen molar-refractivity contribution in [1.82, 2.24) is 10.0 Å². The van der Waals surface area contributed by atoms with Crippen molar-refractivity contribution < 1.29 is 13.2 Å². The van der Waals surface area contributed by atoms with E-state index in [1.165, 1.54) is 0 Å². The number of nitrogens with one attached hydrogen (secondary N) is 2. The molecule has 1 aliphatic heterocycles. The van der Waals surface area contributed by atoms with Crippen LogP contribution in [0.5, 0.6) is 0 Å². The quantitative estimate of drug-likeness (QED) is 0.803. The first-order valence-corrected chi connectivity index (χ1v) is 9.01. The second-order valence-electron chi connectivity index (χ2n) is 5.27. The van der Waals surface area contributed by atoms with Crippen molar-refractivity contribution in [3.05, 3.63) is 29.8 Å². The summed E-state index contributed by atoms with van der Waals surface area (Å²) >= 11 is 0. The lowest BCUT2D eigenvalue weighted by Crippen LogP contribution is -2.35. The molecule has 1 aromatic rings. The van der Waals surface area contributed by atoms with Gasteiger partial charge in [-0.05, 0) is 43.5 Å². The first kappa shape index (κ1) is 16.4. The molecule has 0 saturated carbocycles. The van der Waals surface area contributed by atoms with Gasteiger partial charge in [0.25, 0.3) is 0 Å². The van der Waals surface area contributed by atoms with Gasteiger partial charge in [0.15, 0.2) is 0 Å². The van der Waals surface area contributed by atoms with Crippen molar-refractivity contribution in [2.45, 2.75) is 43.7 Å². The SMILES string of the molecule is CCNCc1cccc(S(=O)(=O)NCC2CCCCO2)c1. The number of ether oxygens (including phenoxy) is 1. The van der Waals surface area contributed by atoms with Crippen LogP contribution in [0.3, 0.4) is 0 Å². The topological polar surface area (TPSA) is 67.4 Å². The molecule has 1 saturated heterocycles. The van der Waals surface area contributed by atoms with Crippen LogP contribution in [0.1, 0.15) is 31.7 Å². The average molecular weight is 312 g/mol. The first-order chi connectivity index (χ1) is 10.1. The van der Waals surface area contributed by atoms with Crippen molar-refractivity contribution in [1.29, 1.82) is 0 Å². The van der Waals surface area contributed by atoms with Crippen LogP contribution < -0.4 is 10.0 Å². The smallest absolute Gasteiger partial charge is 0.240 e. The zero-order valence-electron chi connectivity index (χ0n) is 12.5. The summed E-state index contributed by atoms with van der Waals surface area (Å²) in [5.74, 6) is 0. The van der Waals surface area contributed by atoms with E-state index in [1.807, 2.05) is 13.0 Å². The minimum absolute atomic E-state index is 0.00142. The molecule has 21 heavy (non-hydrogen) atoms. The summed E-state index contributed by atoms with van der Waals surface area (Å²) in [5.41, 5.74) is 0.966. The number of rotatable bonds is 7. The number of hydrogen-bond acceptors (Lipinski definition) is 4. The molecule has 1 fully saturated rings. The van der Waals surface area contributed by atoms with E-state index in [0.29, 0.717) is 18.0 Å². The Bertz CT molecular complexity index is 540. The van der Waals surface area contributed by atoms with Crippen molar-refractivity contribution in [3.63, 3.8) is 0 Å². The highest BCUT2D eigenvalue weighted by Crippen LogP contribution is 2.14. The molecule has 1 aliphatic rings. The predicted octanol–water partition coefficient (Wildman–Crippen LogP) is 1.64. The summed E-state index contributed by atoms with van der Waals surface area (Å²) in [6.45, 7) is 4.62. The lowest BCUT2D eigenvalue weighted by atomic mass is 10.1. The molecular weight excluding hydrogens is 288 g/mol. The monoisotopic (exact) mass is 312 g/mol. The largest absolute Gasteiger partial charge is 0.377 e. The lowest BCUT2D eigenvalue weighted by molar-refractivity contribution is 0.0200. The van der Waals surface area contributed by atoms with Gasteiger partial charge >= 0.3 is 0 Å². The van der Waals surface area contributed by atoms with E-state index in [-0.39, 0.29) is 6.10 Å². The van der Waals surface area contributed by atoms with Gasteiger partial charge in [-0.25, -0.2) is 13.1 Å². The molecule has 1 heterocycles. The van der Waals surface area contributed by atoms with Crippen LogP contribution in [0, 0.1) is 0 Å². The van der Waals surface area contributed by atoms with Gasteiger partial charge in [0.1, 0.15) is 0 Å². The van der Waals surface area contributed by atoms with E-state index < -0.39 is 10.0 Å². The summed E-state index contributed by atoms with van der Waals surface area (Å²) in [6.07, 6.45) is 3.09. The summed E-state index contributed by atoms with van der Waals surface area (Å²) in [5, 5.41) is 3.19. The fraction of sp³-hybridized carbons (Fsp3) is 0.600. The highest BCUT2D eigenvalue weighted by atomic mass is 32.2. The van der Waals surface area contributed by atoms with Crippen LogP contribution in [0.15, 0.2) is 29.2 Å². The third-order valence-electron chi connectivity index (χ3n) is 3.56. The number of hydrogen-bond donors (Lipinski definition) is 2. The van der Waals surface area contributed by atoms with Crippen LogP contribution in [-0.2, 0) is 21.3 Å². The van der Waals surface area contributed by atoms with Gasteiger partial charge in [0, 0.05) is 19.7 Å². The van der Waals surface area contributed by atoms with Gasteiger partial charge in [-0.3, -0.25) is 0 Å². The maximum absolute atomic E-state index is 12.3. The van der Waals surface area contributed by atoms with E-state index in [4.69, 9.17) is 4.74 Å². The molecule has 2 rings (SSSR count). The van der Waals surface area contributed by atoms with E-state index in [0.717, 1.165) is 38.0 Å². The molecule has 0 aromatic heterocycles. The molecule has 0 radical (unpaired) electrons. The Morgan fingerprint density at radius 1 is 1.33 bits per heavy atom. The molecule has 0 bridgehead atoms. The van der Waals surface area contributed by atoms with Gasteiger partial charge in [0.2, 0.25) is 10.0 Å². The molecule has 0 aliphatic carbocycles. The Kier molecular flexibility index (Phi) is 6.17. The van der Waals surface area contributed by atoms with Gasteiger partial charge in [0.05, 0.1) is 11.0 Å². The minimum atomic E-state index is -3.46. The second-order valence-corrected chi connectivity index (χ2v) is 7.04. The average Bonchev–Trinajstić information content (AvgIpc) is 2.52. The van der Waals surface area contributed by atoms with Crippen molar-refractivity contribution in [2.24, 2.45) is 0 Å². The van der Waals surface area contributed by atoms with Gasteiger partial charge in [-0.1, -0.05) is 19.1 Å². The number of sulfonamides is 1. The van der Waals surface area contributed by atoms with Crippen molar-refractivity contribution >= 4 is 10.0 Å². The van der Waals surface area contributed by atoms with Crippen molar-refractivity contribution in [3.8, 4) is 0 Å². The standard InChI is InChI=1S/C15H24N2O3S/c1-2-16-11-13-6-5-8-15(10-13)21(18,19)17-12-14-7-3-4-9-20-14/h5-6,8,10,14,16-17H,2-4,7,9,11-12H2,1H3. The molecule has 118 valence electrons. The Hall–Kier alpha value is -0.950. The maximum atomic E-state index is 12.3. The zero-order valence-corrected chi connectivity index (χ0v) is 13.3.